The first-order valence-corrected chi connectivity index (χ1v) is 5.41. The van der Waals surface area contributed by atoms with Crippen LogP contribution in [-0.2, 0) is 4.79 Å². The summed E-state index contributed by atoms with van der Waals surface area (Å²) in [6, 6.07) is 2.30. The first kappa shape index (κ1) is 11.8. The van der Waals surface area contributed by atoms with Crippen LogP contribution in [-0.4, -0.2) is 26.0 Å². The Labute approximate surface area is 98.0 Å². The zero-order valence-electron chi connectivity index (χ0n) is 9.50. The molecule has 0 amide bonds. The zero-order valence-corrected chi connectivity index (χ0v) is 9.50. The maximum Gasteiger partial charge on any atom is 0.153 e. The van der Waals surface area contributed by atoms with E-state index in [1.54, 1.807) is 4.90 Å². The molecule has 92 valence electrons. The highest BCUT2D eigenvalue weighted by Gasteiger charge is 2.22. The monoisotopic (exact) mass is 241 g/mol. The summed E-state index contributed by atoms with van der Waals surface area (Å²) in [5.41, 5.74) is -0.0710. The third kappa shape index (κ3) is 2.38. The number of piperidine rings is 1. The van der Waals surface area contributed by atoms with E-state index in [4.69, 9.17) is 4.74 Å². The van der Waals surface area contributed by atoms with Crippen molar-refractivity contribution < 1.29 is 18.3 Å². The molecule has 1 fully saturated rings. The van der Waals surface area contributed by atoms with Crippen LogP contribution in [0.3, 0.4) is 0 Å². The number of carbonyl (C=O) groups excluding carboxylic acids is 1. The average molecular weight is 241 g/mol. The van der Waals surface area contributed by atoms with Crippen LogP contribution in [0.1, 0.15) is 12.8 Å². The summed E-state index contributed by atoms with van der Waals surface area (Å²) in [5.74, 6) is -1.03. The van der Waals surface area contributed by atoms with Gasteiger partial charge in [-0.3, -0.25) is 4.79 Å². The fourth-order valence-electron chi connectivity index (χ4n) is 1.94. The van der Waals surface area contributed by atoms with E-state index in [1.165, 1.54) is 7.11 Å². The van der Waals surface area contributed by atoms with Gasteiger partial charge in [-0.25, -0.2) is 8.78 Å². The third-order valence-electron chi connectivity index (χ3n) is 2.86. The van der Waals surface area contributed by atoms with Crippen molar-refractivity contribution in [1.82, 2.24) is 0 Å². The molecular formula is C12H13F2NO2. The molecule has 1 aromatic carbocycles. The second-order valence-corrected chi connectivity index (χ2v) is 3.97. The van der Waals surface area contributed by atoms with Crippen LogP contribution in [0.2, 0.25) is 0 Å². The van der Waals surface area contributed by atoms with E-state index in [9.17, 15) is 13.6 Å². The van der Waals surface area contributed by atoms with Crippen LogP contribution in [0, 0.1) is 11.6 Å². The van der Waals surface area contributed by atoms with Gasteiger partial charge in [0, 0.05) is 38.1 Å². The fourth-order valence-corrected chi connectivity index (χ4v) is 1.94. The maximum absolute atomic E-state index is 13.7. The number of carbonyl (C=O) groups is 1. The molecule has 17 heavy (non-hydrogen) atoms. The minimum Gasteiger partial charge on any atom is -0.497 e. The number of halogens is 2. The minimum absolute atomic E-state index is 0.0710. The largest absolute Gasteiger partial charge is 0.497 e. The molecule has 1 aliphatic heterocycles. The van der Waals surface area contributed by atoms with E-state index in [-0.39, 0.29) is 17.2 Å². The molecule has 0 aliphatic carbocycles. The van der Waals surface area contributed by atoms with Crippen molar-refractivity contribution in [1.29, 1.82) is 0 Å². The quantitative estimate of drug-likeness (QED) is 0.794. The van der Waals surface area contributed by atoms with E-state index >= 15 is 0 Å². The van der Waals surface area contributed by atoms with Gasteiger partial charge >= 0.3 is 0 Å². The van der Waals surface area contributed by atoms with E-state index < -0.39 is 11.6 Å². The van der Waals surface area contributed by atoms with Crippen LogP contribution in [0.15, 0.2) is 12.1 Å². The lowest BCUT2D eigenvalue weighted by Gasteiger charge is -2.28. The lowest BCUT2D eigenvalue weighted by atomic mass is 10.1. The second kappa shape index (κ2) is 4.69. The van der Waals surface area contributed by atoms with Crippen molar-refractivity contribution in [3.63, 3.8) is 0 Å². The fraction of sp³-hybridized carbons (Fsp3) is 0.417. The van der Waals surface area contributed by atoms with Crippen LogP contribution in [0.25, 0.3) is 0 Å². The molecule has 0 unspecified atom stereocenters. The molecule has 0 bridgehead atoms. The van der Waals surface area contributed by atoms with Gasteiger partial charge in [-0.05, 0) is 0 Å². The summed E-state index contributed by atoms with van der Waals surface area (Å²) in [6.07, 6.45) is 0.676. The summed E-state index contributed by atoms with van der Waals surface area (Å²) in [5, 5.41) is 0. The van der Waals surface area contributed by atoms with Gasteiger partial charge in [0.1, 0.15) is 17.2 Å². The van der Waals surface area contributed by atoms with Gasteiger partial charge in [-0.15, -0.1) is 0 Å². The highest BCUT2D eigenvalue weighted by molar-refractivity contribution is 5.81. The van der Waals surface area contributed by atoms with Crippen molar-refractivity contribution in [2.45, 2.75) is 12.8 Å². The number of hydrogen-bond donors (Lipinski definition) is 0. The second-order valence-electron chi connectivity index (χ2n) is 3.97. The highest BCUT2D eigenvalue weighted by Crippen LogP contribution is 2.29. The molecule has 1 heterocycles. The number of ether oxygens (including phenoxy) is 1. The Kier molecular flexibility index (Phi) is 3.26. The van der Waals surface area contributed by atoms with Gasteiger partial charge in [0.2, 0.25) is 0 Å². The Hall–Kier alpha value is -1.65. The van der Waals surface area contributed by atoms with Crippen LogP contribution < -0.4 is 9.64 Å². The Bertz CT molecular complexity index is 415. The van der Waals surface area contributed by atoms with Crippen LogP contribution >= 0.6 is 0 Å². The molecule has 3 nitrogen and oxygen atoms in total. The maximum atomic E-state index is 13.7. The number of rotatable bonds is 2. The van der Waals surface area contributed by atoms with Gasteiger partial charge in [0.05, 0.1) is 7.11 Å². The molecule has 1 aliphatic rings. The molecule has 0 aromatic heterocycles. The minimum atomic E-state index is -0.656. The molecule has 2 rings (SSSR count). The summed E-state index contributed by atoms with van der Waals surface area (Å²) in [4.78, 5) is 12.6. The van der Waals surface area contributed by atoms with Crippen molar-refractivity contribution >= 4 is 11.5 Å². The predicted octanol–water partition coefficient (Wildman–Crippen LogP) is 2.14. The molecule has 0 saturated carbocycles. The number of anilines is 1. The number of ketones is 1. The van der Waals surface area contributed by atoms with Gasteiger partial charge in [-0.2, -0.15) is 0 Å². The number of methoxy groups -OCH3 is 1. The number of Topliss-reactive ketones (excluding diaryl/α,β-unsaturated/α-hetero) is 1. The molecule has 0 N–H and O–H groups in total. The van der Waals surface area contributed by atoms with Crippen molar-refractivity contribution in [2.24, 2.45) is 0 Å². The van der Waals surface area contributed by atoms with Crippen molar-refractivity contribution in [3.05, 3.63) is 23.8 Å². The average Bonchev–Trinajstić information content (AvgIpc) is 2.30. The lowest BCUT2D eigenvalue weighted by molar-refractivity contribution is -0.119. The number of hydrogen-bond acceptors (Lipinski definition) is 3. The lowest BCUT2D eigenvalue weighted by Crippen LogP contribution is -2.34. The van der Waals surface area contributed by atoms with E-state index in [2.05, 4.69) is 0 Å². The normalized spacial score (nSPS) is 16.2. The van der Waals surface area contributed by atoms with Crippen molar-refractivity contribution in [3.8, 4) is 5.75 Å². The third-order valence-corrected chi connectivity index (χ3v) is 2.86. The Morgan fingerprint density at radius 2 is 1.71 bits per heavy atom. The van der Waals surface area contributed by atoms with E-state index in [0.29, 0.717) is 25.9 Å². The molecule has 5 heteroatoms. The zero-order chi connectivity index (χ0) is 12.4. The smallest absolute Gasteiger partial charge is 0.153 e. The van der Waals surface area contributed by atoms with E-state index in [0.717, 1.165) is 12.1 Å². The summed E-state index contributed by atoms with van der Waals surface area (Å²) in [7, 11) is 1.35. The standard InChI is InChI=1S/C12H13F2NO2/c1-17-9-6-10(13)12(11(14)7-9)15-4-2-8(16)3-5-15/h6-7H,2-5H2,1H3. The number of nitrogens with zero attached hydrogens (tertiary/aromatic N) is 1. The summed E-state index contributed by atoms with van der Waals surface area (Å²) >= 11 is 0. The molecule has 1 aromatic rings. The van der Waals surface area contributed by atoms with Crippen LogP contribution in [0.5, 0.6) is 5.75 Å². The van der Waals surface area contributed by atoms with Crippen LogP contribution in [0.4, 0.5) is 14.5 Å². The van der Waals surface area contributed by atoms with Gasteiger partial charge < -0.3 is 9.64 Å². The summed E-state index contributed by atoms with van der Waals surface area (Å²) < 4.78 is 32.2. The van der Waals surface area contributed by atoms with Gasteiger partial charge in [0.25, 0.3) is 0 Å². The Morgan fingerprint density at radius 3 is 2.18 bits per heavy atom. The first-order chi connectivity index (χ1) is 8.11. The van der Waals surface area contributed by atoms with Gasteiger partial charge in [0.15, 0.2) is 11.6 Å². The Morgan fingerprint density at radius 1 is 1.18 bits per heavy atom. The van der Waals surface area contributed by atoms with E-state index in [1.807, 2.05) is 0 Å². The molecule has 0 atom stereocenters. The first-order valence-electron chi connectivity index (χ1n) is 5.41. The highest BCUT2D eigenvalue weighted by atomic mass is 19.1. The predicted molar refractivity (Wildman–Crippen MR) is 59.4 cm³/mol. The van der Waals surface area contributed by atoms with Gasteiger partial charge in [-0.1, -0.05) is 0 Å². The molecule has 0 spiro atoms. The molecule has 1 saturated heterocycles. The summed E-state index contributed by atoms with van der Waals surface area (Å²) in [6.45, 7) is 0.720. The van der Waals surface area contributed by atoms with Crippen molar-refractivity contribution in [2.75, 3.05) is 25.1 Å². The molecular weight excluding hydrogens is 228 g/mol. The Balaban J connectivity index is 2.29. The number of benzene rings is 1. The SMILES string of the molecule is COc1cc(F)c(N2CCC(=O)CC2)c(F)c1. The topological polar surface area (TPSA) is 29.5 Å². The molecule has 0 radical (unpaired) electrons.